The van der Waals surface area contributed by atoms with Crippen LogP contribution in [0.5, 0.6) is 0 Å². The third-order valence-electron chi connectivity index (χ3n) is 2.09. The fourth-order valence-corrected chi connectivity index (χ4v) is 1.96. The minimum Gasteiger partial charge on any atom is -0.205 e. The zero-order valence-corrected chi connectivity index (χ0v) is 8.26. The van der Waals surface area contributed by atoms with Crippen molar-refractivity contribution in [3.63, 3.8) is 0 Å². The molecule has 5 heteroatoms. The van der Waals surface area contributed by atoms with E-state index in [0.29, 0.717) is 5.39 Å². The largest absolute Gasteiger partial charge is 0.335 e. The van der Waals surface area contributed by atoms with Crippen molar-refractivity contribution in [1.82, 2.24) is 0 Å². The number of rotatable bonds is 1. The first kappa shape index (κ1) is 10.0. The molecule has 15 heavy (non-hydrogen) atoms. The van der Waals surface area contributed by atoms with E-state index in [0.717, 1.165) is 6.07 Å². The van der Waals surface area contributed by atoms with Gasteiger partial charge in [-0.1, -0.05) is 30.3 Å². The lowest BCUT2D eigenvalue weighted by molar-refractivity contribution is 0.536. The molecule has 0 atom stereocenters. The molecular formula is C10H6F2O2S. The maximum atomic E-state index is 13.5. The Bertz CT molecular complexity index is 620. The summed E-state index contributed by atoms with van der Waals surface area (Å²) in [5.41, 5.74) is 0. The fraction of sp³-hybridized carbons (Fsp3) is 0. The molecule has 0 unspecified atom stereocenters. The lowest BCUT2D eigenvalue weighted by Crippen LogP contribution is -1.96. The summed E-state index contributed by atoms with van der Waals surface area (Å²) in [7, 11) is -5.00. The molecule has 0 heterocycles. The van der Waals surface area contributed by atoms with Crippen LogP contribution < -0.4 is 0 Å². The smallest absolute Gasteiger partial charge is 0.205 e. The topological polar surface area (TPSA) is 34.1 Å². The van der Waals surface area contributed by atoms with Gasteiger partial charge in [0.1, 0.15) is 4.90 Å². The molecule has 2 aromatic carbocycles. The predicted octanol–water partition coefficient (Wildman–Crippen LogP) is 2.64. The molecule has 0 fully saturated rings. The van der Waals surface area contributed by atoms with Crippen LogP contribution in [0, 0.1) is 5.82 Å². The average Bonchev–Trinajstić information content (AvgIpc) is 2.16. The van der Waals surface area contributed by atoms with Crippen LogP contribution in [0.1, 0.15) is 0 Å². The highest BCUT2D eigenvalue weighted by atomic mass is 32.3. The molecular weight excluding hydrogens is 222 g/mol. The Morgan fingerprint density at radius 1 is 1.00 bits per heavy atom. The van der Waals surface area contributed by atoms with Gasteiger partial charge in [-0.3, -0.25) is 0 Å². The summed E-state index contributed by atoms with van der Waals surface area (Å²) in [5, 5.41) is 0.624. The van der Waals surface area contributed by atoms with E-state index < -0.39 is 20.9 Å². The SMILES string of the molecule is O=S(=O)(F)c1ccc2ccccc2c1F. The standard InChI is InChI=1S/C10H6F2O2S/c11-10-8-4-2-1-3-7(8)5-6-9(10)15(12,13)14/h1-6H. The molecule has 2 aromatic rings. The first-order chi connectivity index (χ1) is 7.00. The zero-order chi connectivity index (χ0) is 11.1. The van der Waals surface area contributed by atoms with E-state index in [1.807, 2.05) is 0 Å². The Kier molecular flexibility index (Phi) is 2.19. The quantitative estimate of drug-likeness (QED) is 0.703. The van der Waals surface area contributed by atoms with E-state index in [9.17, 15) is 16.7 Å². The third-order valence-corrected chi connectivity index (χ3v) is 2.93. The molecule has 0 aromatic heterocycles. The van der Waals surface area contributed by atoms with Gasteiger partial charge in [0, 0.05) is 5.39 Å². The molecule has 0 N–H and O–H groups in total. The highest BCUT2D eigenvalue weighted by Gasteiger charge is 2.19. The second-order valence-electron chi connectivity index (χ2n) is 3.04. The van der Waals surface area contributed by atoms with Gasteiger partial charge in [0.25, 0.3) is 0 Å². The van der Waals surface area contributed by atoms with Crippen LogP contribution in [0.4, 0.5) is 8.28 Å². The Morgan fingerprint density at radius 2 is 1.67 bits per heavy atom. The van der Waals surface area contributed by atoms with E-state index in [1.165, 1.54) is 12.1 Å². The fourth-order valence-electron chi connectivity index (χ4n) is 1.40. The summed E-state index contributed by atoms with van der Waals surface area (Å²) in [5.74, 6) is -1.05. The predicted molar refractivity (Wildman–Crippen MR) is 52.2 cm³/mol. The lowest BCUT2D eigenvalue weighted by atomic mass is 10.1. The lowest BCUT2D eigenvalue weighted by Gasteiger charge is -2.02. The Morgan fingerprint density at radius 3 is 2.33 bits per heavy atom. The van der Waals surface area contributed by atoms with Gasteiger partial charge in [0.2, 0.25) is 0 Å². The van der Waals surface area contributed by atoms with Crippen molar-refractivity contribution >= 4 is 21.0 Å². The molecule has 0 spiro atoms. The van der Waals surface area contributed by atoms with Crippen molar-refractivity contribution in [2.75, 3.05) is 0 Å². The van der Waals surface area contributed by atoms with Gasteiger partial charge in [0.05, 0.1) is 0 Å². The summed E-state index contributed by atoms with van der Waals surface area (Å²) < 4.78 is 47.4. The van der Waals surface area contributed by atoms with Gasteiger partial charge >= 0.3 is 10.2 Å². The van der Waals surface area contributed by atoms with Crippen LogP contribution in [0.25, 0.3) is 10.8 Å². The Hall–Kier alpha value is -1.49. The monoisotopic (exact) mass is 228 g/mol. The normalized spacial score (nSPS) is 11.9. The van der Waals surface area contributed by atoms with Crippen LogP contribution in [-0.4, -0.2) is 8.42 Å². The van der Waals surface area contributed by atoms with Crippen LogP contribution >= 0.6 is 0 Å². The molecule has 0 amide bonds. The van der Waals surface area contributed by atoms with E-state index >= 15 is 0 Å². The summed E-state index contributed by atoms with van der Waals surface area (Å²) in [6.07, 6.45) is 0. The van der Waals surface area contributed by atoms with Crippen LogP contribution in [0.15, 0.2) is 41.3 Å². The van der Waals surface area contributed by atoms with Gasteiger partial charge in [-0.25, -0.2) is 4.39 Å². The molecule has 0 radical (unpaired) electrons. The Labute approximate surface area is 85.4 Å². The maximum Gasteiger partial charge on any atom is 0.335 e. The number of fused-ring (bicyclic) bond motifs is 1. The summed E-state index contributed by atoms with van der Waals surface area (Å²) in [4.78, 5) is -0.916. The second-order valence-corrected chi connectivity index (χ2v) is 4.35. The van der Waals surface area contributed by atoms with Crippen molar-refractivity contribution in [3.8, 4) is 0 Å². The van der Waals surface area contributed by atoms with E-state index in [4.69, 9.17) is 0 Å². The number of halogens is 2. The minimum atomic E-state index is -5.00. The van der Waals surface area contributed by atoms with Gasteiger partial charge < -0.3 is 0 Å². The number of benzene rings is 2. The summed E-state index contributed by atoms with van der Waals surface area (Å²) in [6, 6.07) is 8.55. The molecule has 2 nitrogen and oxygen atoms in total. The molecule has 0 aliphatic heterocycles. The molecule has 78 valence electrons. The molecule has 0 aliphatic carbocycles. The highest BCUT2D eigenvalue weighted by molar-refractivity contribution is 7.86. The van der Waals surface area contributed by atoms with E-state index in [2.05, 4.69) is 0 Å². The van der Waals surface area contributed by atoms with Crippen molar-refractivity contribution in [3.05, 3.63) is 42.2 Å². The van der Waals surface area contributed by atoms with Crippen LogP contribution in [-0.2, 0) is 10.2 Å². The zero-order valence-electron chi connectivity index (χ0n) is 7.44. The number of hydrogen-bond acceptors (Lipinski definition) is 2. The van der Waals surface area contributed by atoms with Gasteiger partial charge in [-0.2, -0.15) is 8.42 Å². The van der Waals surface area contributed by atoms with Crippen molar-refractivity contribution in [1.29, 1.82) is 0 Å². The molecule has 0 saturated carbocycles. The molecule has 0 aliphatic rings. The van der Waals surface area contributed by atoms with Crippen molar-refractivity contribution < 1.29 is 16.7 Å². The van der Waals surface area contributed by atoms with E-state index in [-0.39, 0.29) is 5.39 Å². The summed E-state index contributed by atoms with van der Waals surface area (Å²) >= 11 is 0. The van der Waals surface area contributed by atoms with Crippen LogP contribution in [0.2, 0.25) is 0 Å². The van der Waals surface area contributed by atoms with Crippen molar-refractivity contribution in [2.24, 2.45) is 0 Å². The average molecular weight is 228 g/mol. The third kappa shape index (κ3) is 1.70. The van der Waals surface area contributed by atoms with Gasteiger partial charge in [-0.15, -0.1) is 3.89 Å². The summed E-state index contributed by atoms with van der Waals surface area (Å²) in [6.45, 7) is 0. The molecule has 0 bridgehead atoms. The van der Waals surface area contributed by atoms with Crippen LogP contribution in [0.3, 0.4) is 0 Å². The number of hydrogen-bond donors (Lipinski definition) is 0. The highest BCUT2D eigenvalue weighted by Crippen LogP contribution is 2.24. The van der Waals surface area contributed by atoms with E-state index in [1.54, 1.807) is 18.2 Å². The van der Waals surface area contributed by atoms with Crippen molar-refractivity contribution in [2.45, 2.75) is 4.90 Å². The first-order valence-corrected chi connectivity index (χ1v) is 5.50. The Balaban J connectivity index is 2.88. The second kappa shape index (κ2) is 3.27. The van der Waals surface area contributed by atoms with Gasteiger partial charge in [-0.05, 0) is 11.5 Å². The minimum absolute atomic E-state index is 0.0937. The maximum absolute atomic E-state index is 13.5. The van der Waals surface area contributed by atoms with Gasteiger partial charge in [0.15, 0.2) is 5.82 Å². The molecule has 2 rings (SSSR count). The molecule has 0 saturated heterocycles. The first-order valence-electron chi connectivity index (χ1n) is 4.12.